The van der Waals surface area contributed by atoms with Crippen LogP contribution in [0.4, 0.5) is 0 Å². The summed E-state index contributed by atoms with van der Waals surface area (Å²) in [5.41, 5.74) is 1.26. The maximum Gasteiger partial charge on any atom is 0.0965 e. The number of hydrogen-bond acceptors (Lipinski definition) is 3. The highest BCUT2D eigenvalue weighted by Crippen LogP contribution is 2.20. The zero-order valence-electron chi connectivity index (χ0n) is 12.7. The molecule has 1 N–H and O–H groups in total. The van der Waals surface area contributed by atoms with Crippen LogP contribution < -0.4 is 5.32 Å². The third-order valence-corrected chi connectivity index (χ3v) is 3.90. The molecule has 0 saturated carbocycles. The van der Waals surface area contributed by atoms with Gasteiger partial charge in [0.1, 0.15) is 0 Å². The Bertz CT molecular complexity index is 350. The van der Waals surface area contributed by atoms with E-state index in [2.05, 4.69) is 57.2 Å². The van der Waals surface area contributed by atoms with E-state index in [0.29, 0.717) is 0 Å². The van der Waals surface area contributed by atoms with Gasteiger partial charge in [-0.1, -0.05) is 26.0 Å². The molecule has 0 aliphatic heterocycles. The molecule has 0 amide bonds. The molecule has 1 aromatic rings. The largest absolute Gasteiger partial charge is 0.306 e. The molecular formula is C14H28N4. The van der Waals surface area contributed by atoms with Crippen LogP contribution in [0.5, 0.6) is 0 Å². The molecule has 1 rings (SSSR count). The van der Waals surface area contributed by atoms with E-state index in [1.54, 1.807) is 0 Å². The van der Waals surface area contributed by atoms with Gasteiger partial charge in [-0.15, -0.1) is 5.10 Å². The average Bonchev–Trinajstić information content (AvgIpc) is 2.80. The van der Waals surface area contributed by atoms with Crippen LogP contribution in [0.2, 0.25) is 0 Å². The van der Waals surface area contributed by atoms with Crippen molar-refractivity contribution in [1.82, 2.24) is 20.3 Å². The van der Waals surface area contributed by atoms with Gasteiger partial charge in [0.05, 0.1) is 17.4 Å². The van der Waals surface area contributed by atoms with Gasteiger partial charge in [-0.3, -0.25) is 0 Å². The number of nitrogens with zero attached hydrogens (tertiary/aromatic N) is 3. The second kappa shape index (κ2) is 5.83. The lowest BCUT2D eigenvalue weighted by Crippen LogP contribution is -2.43. The fourth-order valence-corrected chi connectivity index (χ4v) is 2.11. The van der Waals surface area contributed by atoms with Crippen LogP contribution in [-0.2, 0) is 12.1 Å². The topological polar surface area (TPSA) is 42.7 Å². The Morgan fingerprint density at radius 2 is 1.67 bits per heavy atom. The number of hydrogen-bond donors (Lipinski definition) is 1. The summed E-state index contributed by atoms with van der Waals surface area (Å²) >= 11 is 0. The number of nitrogens with one attached hydrogen (secondary N) is 1. The molecule has 0 fully saturated rings. The lowest BCUT2D eigenvalue weighted by Gasteiger charge is -2.31. The van der Waals surface area contributed by atoms with Gasteiger partial charge < -0.3 is 5.32 Å². The average molecular weight is 252 g/mol. The fraction of sp³-hybridized carbons (Fsp3) is 0.857. The highest BCUT2D eigenvalue weighted by Gasteiger charge is 2.23. The number of aromatic nitrogens is 3. The Hall–Kier alpha value is -0.900. The van der Waals surface area contributed by atoms with Gasteiger partial charge in [-0.2, -0.15) is 0 Å². The molecule has 0 aliphatic carbocycles. The summed E-state index contributed by atoms with van der Waals surface area (Å²) in [7, 11) is 0. The quantitative estimate of drug-likeness (QED) is 0.846. The molecule has 4 nitrogen and oxygen atoms in total. The van der Waals surface area contributed by atoms with Crippen molar-refractivity contribution in [3.63, 3.8) is 0 Å². The van der Waals surface area contributed by atoms with Crippen molar-refractivity contribution in [2.45, 2.75) is 78.4 Å². The predicted octanol–water partition coefficient (Wildman–Crippen LogP) is 3.09. The van der Waals surface area contributed by atoms with E-state index in [1.807, 2.05) is 10.9 Å². The summed E-state index contributed by atoms with van der Waals surface area (Å²) in [6.07, 6.45) is 5.48. The lowest BCUT2D eigenvalue weighted by molar-refractivity contribution is 0.286. The van der Waals surface area contributed by atoms with Crippen LogP contribution in [0.25, 0.3) is 0 Å². The molecule has 0 bridgehead atoms. The Kier molecular flexibility index (Phi) is 4.91. The van der Waals surface area contributed by atoms with Gasteiger partial charge in [0, 0.05) is 12.1 Å². The zero-order chi connectivity index (χ0) is 13.8. The summed E-state index contributed by atoms with van der Waals surface area (Å²) in [6.45, 7) is 13.9. The Balaban J connectivity index is 2.66. The van der Waals surface area contributed by atoms with E-state index in [0.717, 1.165) is 31.5 Å². The van der Waals surface area contributed by atoms with E-state index >= 15 is 0 Å². The molecule has 0 saturated heterocycles. The smallest absolute Gasteiger partial charge is 0.0965 e. The maximum absolute atomic E-state index is 4.24. The first-order valence-electron chi connectivity index (χ1n) is 7.03. The lowest BCUT2D eigenvalue weighted by atomic mass is 9.90. The minimum absolute atomic E-state index is 0.00259. The molecule has 4 heteroatoms. The van der Waals surface area contributed by atoms with E-state index < -0.39 is 0 Å². The molecule has 0 aromatic carbocycles. The molecule has 1 heterocycles. The minimum Gasteiger partial charge on any atom is -0.306 e. The Morgan fingerprint density at radius 3 is 2.06 bits per heavy atom. The van der Waals surface area contributed by atoms with Crippen LogP contribution in [-0.4, -0.2) is 20.5 Å². The van der Waals surface area contributed by atoms with Gasteiger partial charge in [-0.05, 0) is 40.0 Å². The van der Waals surface area contributed by atoms with E-state index in [4.69, 9.17) is 0 Å². The van der Waals surface area contributed by atoms with Gasteiger partial charge in [0.25, 0.3) is 0 Å². The van der Waals surface area contributed by atoms with Gasteiger partial charge in [-0.25, -0.2) is 4.68 Å². The molecule has 0 atom stereocenters. The van der Waals surface area contributed by atoms with Crippen LogP contribution in [0, 0.1) is 0 Å². The summed E-state index contributed by atoms with van der Waals surface area (Å²) in [5, 5.41) is 12.1. The van der Waals surface area contributed by atoms with E-state index in [-0.39, 0.29) is 11.1 Å². The van der Waals surface area contributed by atoms with E-state index in [9.17, 15) is 0 Å². The monoisotopic (exact) mass is 252 g/mol. The minimum atomic E-state index is 0.00259. The summed E-state index contributed by atoms with van der Waals surface area (Å²) in [4.78, 5) is 0. The summed E-state index contributed by atoms with van der Waals surface area (Å²) < 4.78 is 1.93. The van der Waals surface area contributed by atoms with Crippen molar-refractivity contribution in [1.29, 1.82) is 0 Å². The molecule has 0 radical (unpaired) electrons. The Labute approximate surface area is 111 Å². The fourth-order valence-electron chi connectivity index (χ4n) is 2.11. The summed E-state index contributed by atoms with van der Waals surface area (Å²) in [6, 6.07) is 0. The summed E-state index contributed by atoms with van der Waals surface area (Å²) in [5.74, 6) is 0. The first kappa shape index (κ1) is 15.2. The third-order valence-electron chi connectivity index (χ3n) is 3.90. The van der Waals surface area contributed by atoms with Crippen molar-refractivity contribution in [3.8, 4) is 0 Å². The first-order valence-corrected chi connectivity index (χ1v) is 7.03. The first-order chi connectivity index (χ1) is 8.37. The van der Waals surface area contributed by atoms with Crippen LogP contribution in [0.1, 0.15) is 66.5 Å². The van der Waals surface area contributed by atoms with Crippen molar-refractivity contribution in [2.75, 3.05) is 0 Å². The Morgan fingerprint density at radius 1 is 1.11 bits per heavy atom. The standard InChI is InChI=1S/C14H28N4/c1-7-14(8-2,9-3)15-10-12-11-18(17-16-12)13(4,5)6/h11,15H,7-10H2,1-6H3. The molecular weight excluding hydrogens is 224 g/mol. The molecule has 0 aliphatic rings. The van der Waals surface area contributed by atoms with Gasteiger partial charge in [0.15, 0.2) is 0 Å². The third kappa shape index (κ3) is 3.55. The molecule has 18 heavy (non-hydrogen) atoms. The SMILES string of the molecule is CCC(CC)(CC)NCc1cn(C(C)(C)C)nn1. The molecule has 104 valence electrons. The van der Waals surface area contributed by atoms with Crippen molar-refractivity contribution in [2.24, 2.45) is 0 Å². The predicted molar refractivity (Wildman–Crippen MR) is 75.5 cm³/mol. The normalized spacial score (nSPS) is 13.0. The highest BCUT2D eigenvalue weighted by molar-refractivity contribution is 4.96. The van der Waals surface area contributed by atoms with Crippen LogP contribution in [0.15, 0.2) is 6.20 Å². The van der Waals surface area contributed by atoms with Crippen molar-refractivity contribution >= 4 is 0 Å². The van der Waals surface area contributed by atoms with Gasteiger partial charge in [0.2, 0.25) is 0 Å². The second-order valence-corrected chi connectivity index (χ2v) is 6.02. The number of rotatable bonds is 6. The van der Waals surface area contributed by atoms with Crippen LogP contribution in [0.3, 0.4) is 0 Å². The van der Waals surface area contributed by atoms with Gasteiger partial charge >= 0.3 is 0 Å². The van der Waals surface area contributed by atoms with Crippen LogP contribution >= 0.6 is 0 Å². The molecule has 0 spiro atoms. The molecule has 0 unspecified atom stereocenters. The van der Waals surface area contributed by atoms with Crippen molar-refractivity contribution in [3.05, 3.63) is 11.9 Å². The van der Waals surface area contributed by atoms with E-state index in [1.165, 1.54) is 0 Å². The molecule has 1 aromatic heterocycles. The van der Waals surface area contributed by atoms with Crippen molar-refractivity contribution < 1.29 is 0 Å². The second-order valence-electron chi connectivity index (χ2n) is 6.02. The maximum atomic E-state index is 4.24. The highest BCUT2D eigenvalue weighted by atomic mass is 15.4. The zero-order valence-corrected chi connectivity index (χ0v) is 12.7.